The Labute approximate surface area is 136 Å². The lowest BCUT2D eigenvalue weighted by Crippen LogP contribution is -2.35. The highest BCUT2D eigenvalue weighted by molar-refractivity contribution is 6.31. The van der Waals surface area contributed by atoms with Crippen molar-refractivity contribution in [2.45, 2.75) is 13.0 Å². The molecule has 2 aromatic carbocycles. The summed E-state index contributed by atoms with van der Waals surface area (Å²) in [6, 6.07) is 17.8. The van der Waals surface area contributed by atoms with E-state index in [9.17, 15) is 4.79 Å². The summed E-state index contributed by atoms with van der Waals surface area (Å²) in [6.07, 6.45) is 0.848. The Hall–Kier alpha value is -1.84. The van der Waals surface area contributed by atoms with Crippen LogP contribution in [0.1, 0.15) is 11.1 Å². The van der Waals surface area contributed by atoms with Crippen molar-refractivity contribution in [2.24, 2.45) is 0 Å². The molecule has 2 rings (SSSR count). The summed E-state index contributed by atoms with van der Waals surface area (Å²) in [5.74, 6) is 0.0329. The Kier molecular flexibility index (Phi) is 6.44. The molecule has 0 saturated carbocycles. The van der Waals surface area contributed by atoms with E-state index < -0.39 is 0 Å². The number of likely N-dealkylation sites (N-methyl/N-ethyl adjacent to an activating group) is 1. The first kappa shape index (κ1) is 16.5. The third-order valence-electron chi connectivity index (χ3n) is 3.39. The van der Waals surface area contributed by atoms with Gasteiger partial charge < -0.3 is 5.32 Å². The summed E-state index contributed by atoms with van der Waals surface area (Å²) in [4.78, 5) is 13.9. The van der Waals surface area contributed by atoms with Crippen LogP contribution >= 0.6 is 11.6 Å². The Bertz CT molecular complexity index is 601. The summed E-state index contributed by atoms with van der Waals surface area (Å²) in [6.45, 7) is 1.68. The summed E-state index contributed by atoms with van der Waals surface area (Å²) in [7, 11) is 1.92. The molecule has 0 heterocycles. The molecule has 1 amide bonds. The van der Waals surface area contributed by atoms with Gasteiger partial charge in [-0.1, -0.05) is 60.1 Å². The fourth-order valence-electron chi connectivity index (χ4n) is 2.27. The van der Waals surface area contributed by atoms with Crippen molar-refractivity contribution in [3.05, 3.63) is 70.7 Å². The van der Waals surface area contributed by atoms with Crippen molar-refractivity contribution < 1.29 is 4.79 Å². The number of nitrogens with zero attached hydrogens (tertiary/aromatic N) is 1. The molecule has 0 unspecified atom stereocenters. The normalized spacial score (nSPS) is 10.7. The molecule has 4 heteroatoms. The maximum absolute atomic E-state index is 11.9. The van der Waals surface area contributed by atoms with Gasteiger partial charge in [0.2, 0.25) is 5.91 Å². The minimum absolute atomic E-state index is 0.0329. The number of amides is 1. The molecule has 0 radical (unpaired) electrons. The van der Waals surface area contributed by atoms with Gasteiger partial charge >= 0.3 is 0 Å². The van der Waals surface area contributed by atoms with Crippen molar-refractivity contribution in [3.63, 3.8) is 0 Å². The average molecular weight is 317 g/mol. The summed E-state index contributed by atoms with van der Waals surface area (Å²) in [5.41, 5.74) is 2.26. The second-order valence-corrected chi connectivity index (χ2v) is 5.76. The van der Waals surface area contributed by atoms with Gasteiger partial charge in [-0.25, -0.2) is 0 Å². The fourth-order valence-corrected chi connectivity index (χ4v) is 2.46. The largest absolute Gasteiger partial charge is 0.355 e. The second kappa shape index (κ2) is 8.57. The Balaban J connectivity index is 1.71. The number of hydrogen-bond donors (Lipinski definition) is 1. The average Bonchev–Trinajstić information content (AvgIpc) is 2.50. The zero-order valence-corrected chi connectivity index (χ0v) is 13.5. The molecule has 0 bridgehead atoms. The fraction of sp³-hybridized carbons (Fsp3) is 0.278. The number of nitrogens with one attached hydrogen (secondary N) is 1. The van der Waals surface area contributed by atoms with Gasteiger partial charge in [0.15, 0.2) is 0 Å². The van der Waals surface area contributed by atoms with Crippen LogP contribution in [0.3, 0.4) is 0 Å². The number of benzene rings is 2. The molecule has 0 aromatic heterocycles. The van der Waals surface area contributed by atoms with Crippen LogP contribution in [0, 0.1) is 0 Å². The van der Waals surface area contributed by atoms with Gasteiger partial charge in [0.25, 0.3) is 0 Å². The van der Waals surface area contributed by atoms with Crippen molar-refractivity contribution in [1.29, 1.82) is 0 Å². The monoisotopic (exact) mass is 316 g/mol. The molecule has 0 saturated heterocycles. The van der Waals surface area contributed by atoms with Crippen LogP contribution in [0.25, 0.3) is 0 Å². The van der Waals surface area contributed by atoms with E-state index in [0.29, 0.717) is 19.6 Å². The molecule has 0 atom stereocenters. The Morgan fingerprint density at radius 1 is 1.09 bits per heavy atom. The maximum Gasteiger partial charge on any atom is 0.234 e. The van der Waals surface area contributed by atoms with Gasteiger partial charge in [0, 0.05) is 18.1 Å². The van der Waals surface area contributed by atoms with Gasteiger partial charge in [-0.15, -0.1) is 0 Å². The maximum atomic E-state index is 11.9. The van der Waals surface area contributed by atoms with Gasteiger partial charge in [0.05, 0.1) is 6.54 Å². The molecule has 0 aliphatic rings. The third kappa shape index (κ3) is 5.51. The lowest BCUT2D eigenvalue weighted by molar-refractivity contribution is -0.122. The first-order valence-corrected chi connectivity index (χ1v) is 7.75. The quantitative estimate of drug-likeness (QED) is 0.851. The topological polar surface area (TPSA) is 32.3 Å². The van der Waals surface area contributed by atoms with Crippen LogP contribution in [0.5, 0.6) is 0 Å². The van der Waals surface area contributed by atoms with E-state index in [4.69, 9.17) is 11.6 Å². The van der Waals surface area contributed by atoms with E-state index in [2.05, 4.69) is 17.4 Å². The van der Waals surface area contributed by atoms with Crippen molar-refractivity contribution in [3.8, 4) is 0 Å². The second-order valence-electron chi connectivity index (χ2n) is 5.35. The summed E-state index contributed by atoms with van der Waals surface area (Å²) >= 11 is 6.13. The Morgan fingerprint density at radius 3 is 2.50 bits per heavy atom. The van der Waals surface area contributed by atoms with Crippen LogP contribution in [0.15, 0.2) is 54.6 Å². The van der Waals surface area contributed by atoms with E-state index in [1.165, 1.54) is 5.56 Å². The van der Waals surface area contributed by atoms with E-state index in [1.807, 2.05) is 54.4 Å². The van der Waals surface area contributed by atoms with Crippen LogP contribution in [0.4, 0.5) is 0 Å². The molecule has 2 aromatic rings. The number of halogens is 1. The third-order valence-corrected chi connectivity index (χ3v) is 3.76. The summed E-state index contributed by atoms with van der Waals surface area (Å²) in [5, 5.41) is 3.68. The number of carbonyl (C=O) groups is 1. The smallest absolute Gasteiger partial charge is 0.234 e. The van der Waals surface area contributed by atoms with Crippen LogP contribution in [-0.2, 0) is 17.8 Å². The van der Waals surface area contributed by atoms with E-state index >= 15 is 0 Å². The highest BCUT2D eigenvalue weighted by Gasteiger charge is 2.08. The van der Waals surface area contributed by atoms with Gasteiger partial charge in [-0.3, -0.25) is 9.69 Å². The van der Waals surface area contributed by atoms with Gasteiger partial charge in [0.1, 0.15) is 0 Å². The predicted octanol–water partition coefficient (Wildman–Crippen LogP) is 3.13. The SMILES string of the molecule is CN(CC(=O)NCCc1ccccc1)Cc1ccccc1Cl. The number of carbonyl (C=O) groups excluding carboxylic acids is 1. The van der Waals surface area contributed by atoms with Gasteiger partial charge in [-0.2, -0.15) is 0 Å². The van der Waals surface area contributed by atoms with Crippen molar-refractivity contribution in [2.75, 3.05) is 20.1 Å². The molecule has 0 aliphatic carbocycles. The molecule has 116 valence electrons. The molecular weight excluding hydrogens is 296 g/mol. The minimum Gasteiger partial charge on any atom is -0.355 e. The molecule has 0 spiro atoms. The first-order chi connectivity index (χ1) is 10.6. The minimum atomic E-state index is 0.0329. The van der Waals surface area contributed by atoms with Gasteiger partial charge in [-0.05, 0) is 30.7 Å². The molecule has 0 aliphatic heterocycles. The number of hydrogen-bond acceptors (Lipinski definition) is 2. The zero-order valence-electron chi connectivity index (χ0n) is 12.8. The molecule has 3 nitrogen and oxygen atoms in total. The zero-order chi connectivity index (χ0) is 15.8. The van der Waals surface area contributed by atoms with Crippen LogP contribution < -0.4 is 5.32 Å². The lowest BCUT2D eigenvalue weighted by atomic mass is 10.1. The summed E-state index contributed by atoms with van der Waals surface area (Å²) < 4.78 is 0. The first-order valence-electron chi connectivity index (χ1n) is 7.38. The highest BCUT2D eigenvalue weighted by Crippen LogP contribution is 2.16. The highest BCUT2D eigenvalue weighted by atomic mass is 35.5. The lowest BCUT2D eigenvalue weighted by Gasteiger charge is -2.17. The van der Waals surface area contributed by atoms with Crippen molar-refractivity contribution >= 4 is 17.5 Å². The molecule has 1 N–H and O–H groups in total. The molecular formula is C18H21ClN2O. The van der Waals surface area contributed by atoms with Crippen LogP contribution in [-0.4, -0.2) is 30.9 Å². The van der Waals surface area contributed by atoms with E-state index in [-0.39, 0.29) is 5.91 Å². The standard InChI is InChI=1S/C18H21ClN2O/c1-21(13-16-9-5-6-10-17(16)19)14-18(22)20-12-11-15-7-3-2-4-8-15/h2-10H,11-14H2,1H3,(H,20,22). The van der Waals surface area contributed by atoms with E-state index in [0.717, 1.165) is 17.0 Å². The number of rotatable bonds is 7. The predicted molar refractivity (Wildman–Crippen MR) is 90.9 cm³/mol. The Morgan fingerprint density at radius 2 is 1.77 bits per heavy atom. The van der Waals surface area contributed by atoms with Crippen LogP contribution in [0.2, 0.25) is 5.02 Å². The van der Waals surface area contributed by atoms with E-state index in [1.54, 1.807) is 0 Å². The molecule has 0 fully saturated rings. The molecule has 22 heavy (non-hydrogen) atoms. The van der Waals surface area contributed by atoms with Crippen molar-refractivity contribution in [1.82, 2.24) is 10.2 Å².